The van der Waals surface area contributed by atoms with Crippen molar-refractivity contribution in [1.29, 1.82) is 0 Å². The zero-order chi connectivity index (χ0) is 21.8. The number of benzene rings is 2. The van der Waals surface area contributed by atoms with Gasteiger partial charge in [-0.2, -0.15) is 0 Å². The van der Waals surface area contributed by atoms with Crippen LogP contribution in [0.5, 0.6) is 0 Å². The monoisotopic (exact) mass is 455 g/mol. The number of halogens is 1. The maximum Gasteiger partial charge on any atom is 0.374 e. The van der Waals surface area contributed by atoms with Crippen molar-refractivity contribution in [2.45, 2.75) is 20.0 Å². The van der Waals surface area contributed by atoms with E-state index in [0.29, 0.717) is 27.2 Å². The molecule has 0 atom stereocenters. The summed E-state index contributed by atoms with van der Waals surface area (Å²) in [6, 6.07) is 14.6. The first-order chi connectivity index (χ1) is 15.0. The second kappa shape index (κ2) is 9.32. The number of rotatable bonds is 7. The molecular formula is C23H18ClNO5S. The van der Waals surface area contributed by atoms with Crippen LogP contribution in [0.15, 0.2) is 58.3 Å². The first-order valence-electron chi connectivity index (χ1n) is 9.58. The molecule has 4 rings (SSSR count). The minimum absolute atomic E-state index is 0.0155. The van der Waals surface area contributed by atoms with Crippen LogP contribution in [0.4, 0.5) is 0 Å². The summed E-state index contributed by atoms with van der Waals surface area (Å²) in [6.45, 7) is 1.83. The number of nitrogens with zero attached hydrogens (tertiary/aromatic N) is 1. The molecule has 2 aromatic carbocycles. The Morgan fingerprint density at radius 3 is 2.77 bits per heavy atom. The Kier molecular flexibility index (Phi) is 6.34. The number of carbonyl (C=O) groups excluding carboxylic acids is 2. The lowest BCUT2D eigenvalue weighted by atomic mass is 10.1. The number of aromatic nitrogens is 1. The summed E-state index contributed by atoms with van der Waals surface area (Å²) in [5, 5.41) is 3.92. The van der Waals surface area contributed by atoms with Gasteiger partial charge in [0.2, 0.25) is 5.76 Å². The van der Waals surface area contributed by atoms with E-state index in [1.807, 2.05) is 35.7 Å². The van der Waals surface area contributed by atoms with Crippen LogP contribution in [0.1, 0.15) is 28.7 Å². The molecule has 0 radical (unpaired) electrons. The van der Waals surface area contributed by atoms with Crippen molar-refractivity contribution in [2.75, 3.05) is 6.61 Å². The molecule has 0 aliphatic carbocycles. The van der Waals surface area contributed by atoms with Gasteiger partial charge in [0.05, 0.1) is 24.3 Å². The molecule has 0 unspecified atom stereocenters. The molecule has 158 valence electrons. The Balaban J connectivity index is 1.46. The normalized spacial score (nSPS) is 10.9. The number of esters is 2. The highest BCUT2D eigenvalue weighted by Crippen LogP contribution is 2.28. The second-order valence-electron chi connectivity index (χ2n) is 6.62. The van der Waals surface area contributed by atoms with Crippen molar-refractivity contribution < 1.29 is 23.5 Å². The maximum atomic E-state index is 12.4. The van der Waals surface area contributed by atoms with Gasteiger partial charge in [-0.25, -0.2) is 9.78 Å². The van der Waals surface area contributed by atoms with E-state index < -0.39 is 11.9 Å². The Bertz CT molecular complexity index is 1250. The van der Waals surface area contributed by atoms with E-state index in [1.165, 1.54) is 11.3 Å². The fourth-order valence-corrected chi connectivity index (χ4v) is 4.10. The van der Waals surface area contributed by atoms with Crippen LogP contribution in [0, 0.1) is 0 Å². The topological polar surface area (TPSA) is 78.6 Å². The lowest BCUT2D eigenvalue weighted by Crippen LogP contribution is -2.11. The molecule has 0 N–H and O–H groups in total. The Labute approximate surface area is 187 Å². The summed E-state index contributed by atoms with van der Waals surface area (Å²) in [7, 11) is 0. The third-order valence-electron chi connectivity index (χ3n) is 4.49. The molecule has 0 saturated carbocycles. The fraction of sp³-hybridized carbons (Fsp3) is 0.174. The summed E-state index contributed by atoms with van der Waals surface area (Å²) in [6.07, 6.45) is 0.0155. The number of ether oxygens (including phenoxy) is 2. The van der Waals surface area contributed by atoms with Crippen LogP contribution in [0.3, 0.4) is 0 Å². The summed E-state index contributed by atoms with van der Waals surface area (Å²) in [4.78, 5) is 29.2. The van der Waals surface area contributed by atoms with E-state index in [-0.39, 0.29) is 25.4 Å². The van der Waals surface area contributed by atoms with Crippen LogP contribution in [0.2, 0.25) is 5.02 Å². The average Bonchev–Trinajstić information content (AvgIpc) is 3.37. The number of thiazole rings is 1. The van der Waals surface area contributed by atoms with E-state index in [2.05, 4.69) is 4.98 Å². The molecule has 0 spiro atoms. The summed E-state index contributed by atoms with van der Waals surface area (Å²) >= 11 is 7.46. The largest absolute Gasteiger partial charge is 0.460 e. The number of carbonyl (C=O) groups is 2. The van der Waals surface area contributed by atoms with Gasteiger partial charge in [0, 0.05) is 21.4 Å². The predicted molar refractivity (Wildman–Crippen MR) is 118 cm³/mol. The third-order valence-corrected chi connectivity index (χ3v) is 5.66. The summed E-state index contributed by atoms with van der Waals surface area (Å²) < 4.78 is 16.1. The SMILES string of the molecule is CCOC(=O)c1oc2ccccc2c1COC(=O)Cc1csc(-c2cccc(Cl)c2)n1. The molecule has 0 saturated heterocycles. The second-order valence-corrected chi connectivity index (χ2v) is 7.91. The van der Waals surface area contributed by atoms with Gasteiger partial charge in [-0.1, -0.05) is 41.9 Å². The fourth-order valence-electron chi connectivity index (χ4n) is 3.10. The van der Waals surface area contributed by atoms with Crippen molar-refractivity contribution >= 4 is 45.8 Å². The first kappa shape index (κ1) is 21.1. The Morgan fingerprint density at radius 1 is 1.13 bits per heavy atom. The Hall–Kier alpha value is -3.16. The van der Waals surface area contributed by atoms with Crippen LogP contribution in [-0.2, 0) is 27.3 Å². The number of para-hydroxylation sites is 1. The van der Waals surface area contributed by atoms with Gasteiger partial charge >= 0.3 is 11.9 Å². The molecule has 0 aliphatic rings. The minimum Gasteiger partial charge on any atom is -0.460 e. The van der Waals surface area contributed by atoms with Crippen LogP contribution in [-0.4, -0.2) is 23.5 Å². The smallest absolute Gasteiger partial charge is 0.374 e. The molecule has 4 aromatic rings. The van der Waals surface area contributed by atoms with Gasteiger partial charge in [0.15, 0.2) is 0 Å². The van der Waals surface area contributed by atoms with Gasteiger partial charge in [-0.3, -0.25) is 4.79 Å². The van der Waals surface area contributed by atoms with Gasteiger partial charge in [-0.05, 0) is 25.1 Å². The standard InChI is InChI=1S/C23H18ClNO5S/c1-2-28-23(27)21-18(17-8-3-4-9-19(17)30-21)12-29-20(26)11-16-13-31-22(25-16)14-6-5-7-15(24)10-14/h3-10,13H,2,11-12H2,1H3. The third kappa shape index (κ3) is 4.78. The number of hydrogen-bond donors (Lipinski definition) is 0. The van der Waals surface area contributed by atoms with Crippen molar-refractivity contribution in [2.24, 2.45) is 0 Å². The van der Waals surface area contributed by atoms with Crippen molar-refractivity contribution in [3.63, 3.8) is 0 Å². The van der Waals surface area contributed by atoms with Gasteiger partial charge in [0.25, 0.3) is 0 Å². The molecule has 31 heavy (non-hydrogen) atoms. The molecule has 0 fully saturated rings. The average molecular weight is 456 g/mol. The first-order valence-corrected chi connectivity index (χ1v) is 10.8. The molecule has 0 aliphatic heterocycles. The molecule has 0 amide bonds. The van der Waals surface area contributed by atoms with Crippen LogP contribution in [0.25, 0.3) is 21.5 Å². The molecule has 2 aromatic heterocycles. The summed E-state index contributed by atoms with van der Waals surface area (Å²) in [5.41, 5.74) is 2.51. The highest BCUT2D eigenvalue weighted by atomic mass is 35.5. The number of fused-ring (bicyclic) bond motifs is 1. The molecule has 2 heterocycles. The maximum absolute atomic E-state index is 12.4. The highest BCUT2D eigenvalue weighted by molar-refractivity contribution is 7.13. The van der Waals surface area contributed by atoms with Crippen molar-refractivity contribution in [3.05, 3.63) is 76.0 Å². The summed E-state index contributed by atoms with van der Waals surface area (Å²) in [5.74, 6) is -0.994. The van der Waals surface area contributed by atoms with Gasteiger partial charge in [-0.15, -0.1) is 11.3 Å². The van der Waals surface area contributed by atoms with Crippen molar-refractivity contribution in [1.82, 2.24) is 4.98 Å². The Morgan fingerprint density at radius 2 is 1.97 bits per heavy atom. The number of hydrogen-bond acceptors (Lipinski definition) is 7. The lowest BCUT2D eigenvalue weighted by Gasteiger charge is -2.05. The highest BCUT2D eigenvalue weighted by Gasteiger charge is 2.23. The molecule has 6 nitrogen and oxygen atoms in total. The van der Waals surface area contributed by atoms with E-state index >= 15 is 0 Å². The quantitative estimate of drug-likeness (QED) is 0.334. The van der Waals surface area contributed by atoms with E-state index in [1.54, 1.807) is 25.1 Å². The lowest BCUT2D eigenvalue weighted by molar-refractivity contribution is -0.144. The zero-order valence-electron chi connectivity index (χ0n) is 16.6. The van der Waals surface area contributed by atoms with Gasteiger partial charge < -0.3 is 13.9 Å². The zero-order valence-corrected chi connectivity index (χ0v) is 18.2. The molecule has 8 heteroatoms. The van der Waals surface area contributed by atoms with Crippen molar-refractivity contribution in [3.8, 4) is 10.6 Å². The predicted octanol–water partition coefficient (Wildman–Crippen LogP) is 5.67. The van der Waals surface area contributed by atoms with Crippen LogP contribution < -0.4 is 0 Å². The minimum atomic E-state index is -0.588. The van der Waals surface area contributed by atoms with Gasteiger partial charge in [0.1, 0.15) is 17.2 Å². The van der Waals surface area contributed by atoms with E-state index in [4.69, 9.17) is 25.5 Å². The van der Waals surface area contributed by atoms with E-state index in [9.17, 15) is 9.59 Å². The van der Waals surface area contributed by atoms with Crippen LogP contribution >= 0.6 is 22.9 Å². The number of furan rings is 1. The van der Waals surface area contributed by atoms with E-state index in [0.717, 1.165) is 10.6 Å². The molecular weight excluding hydrogens is 438 g/mol. The molecule has 0 bridgehead atoms.